The summed E-state index contributed by atoms with van der Waals surface area (Å²) in [6, 6.07) is 14.0. The molecule has 0 spiro atoms. The highest BCUT2D eigenvalue weighted by atomic mass is 35.5. The van der Waals surface area contributed by atoms with Crippen molar-refractivity contribution in [2.45, 2.75) is 77.4 Å². The standard InChI is InChI=1S/C28H38ClN3O4S/c1-21-15-17-25(18-16-21)32(37(3,35)36)19-9-14-27(33)31(20-23-10-7-8-13-26(23)29)22(2)28(34)30-24-11-5-4-6-12-24/h7-8,10,13,15-18,22,24H,4-6,9,11-12,14,19-20H2,1-3H3,(H,30,34). The van der Waals surface area contributed by atoms with Crippen LogP contribution in [0.4, 0.5) is 5.69 Å². The first kappa shape index (κ1) is 29.0. The van der Waals surface area contributed by atoms with Crippen LogP contribution in [0.1, 0.15) is 63.0 Å². The normalized spacial score (nSPS) is 15.1. The van der Waals surface area contributed by atoms with Gasteiger partial charge >= 0.3 is 0 Å². The number of hydrogen-bond acceptors (Lipinski definition) is 4. The van der Waals surface area contributed by atoms with Gasteiger partial charge in [0.2, 0.25) is 21.8 Å². The zero-order valence-corrected chi connectivity index (χ0v) is 23.5. The van der Waals surface area contributed by atoms with Crippen molar-refractivity contribution < 1.29 is 18.0 Å². The van der Waals surface area contributed by atoms with Crippen molar-refractivity contribution in [1.82, 2.24) is 10.2 Å². The maximum atomic E-state index is 13.4. The molecule has 202 valence electrons. The number of carbonyl (C=O) groups is 2. The number of sulfonamides is 1. The van der Waals surface area contributed by atoms with Crippen LogP contribution in [-0.2, 0) is 26.2 Å². The molecule has 1 N–H and O–H groups in total. The first-order valence-corrected chi connectivity index (χ1v) is 15.2. The molecule has 0 saturated heterocycles. The van der Waals surface area contributed by atoms with Gasteiger partial charge in [-0.2, -0.15) is 0 Å². The number of hydrogen-bond donors (Lipinski definition) is 1. The van der Waals surface area contributed by atoms with Crippen LogP contribution in [0, 0.1) is 6.92 Å². The average Bonchev–Trinajstić information content (AvgIpc) is 2.86. The van der Waals surface area contributed by atoms with E-state index in [0.717, 1.165) is 43.1 Å². The summed E-state index contributed by atoms with van der Waals surface area (Å²) in [6.45, 7) is 4.04. The highest BCUT2D eigenvalue weighted by Crippen LogP contribution is 2.22. The molecule has 1 saturated carbocycles. The van der Waals surface area contributed by atoms with Gasteiger partial charge in [0.15, 0.2) is 0 Å². The van der Waals surface area contributed by atoms with Crippen LogP contribution in [-0.4, -0.2) is 50.0 Å². The first-order valence-electron chi connectivity index (χ1n) is 12.9. The van der Waals surface area contributed by atoms with Crippen LogP contribution in [0.2, 0.25) is 5.02 Å². The second kappa shape index (κ2) is 13.3. The van der Waals surface area contributed by atoms with Gasteiger partial charge in [-0.25, -0.2) is 8.42 Å². The highest BCUT2D eigenvalue weighted by Gasteiger charge is 2.28. The van der Waals surface area contributed by atoms with E-state index in [1.165, 1.54) is 10.7 Å². The third-order valence-electron chi connectivity index (χ3n) is 6.89. The number of anilines is 1. The predicted octanol–water partition coefficient (Wildman–Crippen LogP) is 5.06. The number of nitrogens with zero attached hydrogens (tertiary/aromatic N) is 2. The van der Waals surface area contributed by atoms with E-state index in [9.17, 15) is 18.0 Å². The van der Waals surface area contributed by atoms with E-state index in [1.807, 2.05) is 37.3 Å². The SMILES string of the molecule is Cc1ccc(N(CCCC(=O)N(Cc2ccccc2Cl)C(C)C(=O)NC2CCCCC2)S(C)(=O)=O)cc1. The van der Waals surface area contributed by atoms with E-state index in [0.29, 0.717) is 17.1 Å². The Morgan fingerprint density at radius 3 is 2.32 bits per heavy atom. The van der Waals surface area contributed by atoms with E-state index >= 15 is 0 Å². The molecule has 1 aliphatic rings. The monoisotopic (exact) mass is 547 g/mol. The molecule has 37 heavy (non-hydrogen) atoms. The van der Waals surface area contributed by atoms with E-state index in [-0.39, 0.29) is 37.4 Å². The number of benzene rings is 2. The van der Waals surface area contributed by atoms with Crippen molar-refractivity contribution in [2.24, 2.45) is 0 Å². The summed E-state index contributed by atoms with van der Waals surface area (Å²) in [4.78, 5) is 28.1. The minimum absolute atomic E-state index is 0.101. The molecule has 7 nitrogen and oxygen atoms in total. The molecular formula is C28H38ClN3O4S. The highest BCUT2D eigenvalue weighted by molar-refractivity contribution is 7.92. The second-order valence-electron chi connectivity index (χ2n) is 9.91. The van der Waals surface area contributed by atoms with Gasteiger partial charge in [0.1, 0.15) is 6.04 Å². The molecule has 1 atom stereocenters. The lowest BCUT2D eigenvalue weighted by Crippen LogP contribution is -2.50. The Kier molecular flexibility index (Phi) is 10.4. The largest absolute Gasteiger partial charge is 0.352 e. The summed E-state index contributed by atoms with van der Waals surface area (Å²) < 4.78 is 26.2. The van der Waals surface area contributed by atoms with Crippen molar-refractivity contribution in [3.05, 3.63) is 64.7 Å². The smallest absolute Gasteiger partial charge is 0.242 e. The molecule has 0 radical (unpaired) electrons. The summed E-state index contributed by atoms with van der Waals surface area (Å²) in [7, 11) is -3.52. The number of carbonyl (C=O) groups excluding carboxylic acids is 2. The minimum atomic E-state index is -3.52. The number of nitrogens with one attached hydrogen (secondary N) is 1. The summed E-state index contributed by atoms with van der Waals surface area (Å²) in [6.07, 6.45) is 6.87. The van der Waals surface area contributed by atoms with Crippen LogP contribution in [0.3, 0.4) is 0 Å². The lowest BCUT2D eigenvalue weighted by molar-refractivity contribution is -0.141. The van der Waals surface area contributed by atoms with Gasteiger partial charge < -0.3 is 10.2 Å². The van der Waals surface area contributed by atoms with E-state index < -0.39 is 16.1 Å². The molecule has 0 heterocycles. The Labute approximate surface area is 226 Å². The average molecular weight is 548 g/mol. The summed E-state index contributed by atoms with van der Waals surface area (Å²) in [5.74, 6) is -0.395. The third kappa shape index (κ3) is 8.47. The van der Waals surface area contributed by atoms with Gasteiger partial charge in [-0.3, -0.25) is 13.9 Å². The molecule has 1 aliphatic carbocycles. The Bertz CT molecular complexity index is 1160. The Morgan fingerprint density at radius 1 is 1.05 bits per heavy atom. The van der Waals surface area contributed by atoms with Crippen LogP contribution >= 0.6 is 11.6 Å². The van der Waals surface area contributed by atoms with Crippen molar-refractivity contribution >= 4 is 39.1 Å². The fourth-order valence-corrected chi connectivity index (χ4v) is 5.84. The van der Waals surface area contributed by atoms with E-state index in [2.05, 4.69) is 5.32 Å². The number of amides is 2. The van der Waals surface area contributed by atoms with Gasteiger partial charge in [0, 0.05) is 30.6 Å². The number of rotatable bonds is 11. The Hall–Kier alpha value is -2.58. The van der Waals surface area contributed by atoms with Crippen LogP contribution in [0.25, 0.3) is 0 Å². The van der Waals surface area contributed by atoms with Gasteiger partial charge in [-0.1, -0.05) is 66.8 Å². The second-order valence-corrected chi connectivity index (χ2v) is 12.2. The molecule has 0 bridgehead atoms. The van der Waals surface area contributed by atoms with Gasteiger partial charge in [0.25, 0.3) is 0 Å². The molecule has 2 aromatic rings. The number of aryl methyl sites for hydroxylation is 1. The van der Waals surface area contributed by atoms with Crippen LogP contribution < -0.4 is 9.62 Å². The molecule has 3 rings (SSSR count). The molecule has 2 aromatic carbocycles. The lowest BCUT2D eigenvalue weighted by atomic mass is 9.95. The molecular weight excluding hydrogens is 510 g/mol. The van der Waals surface area contributed by atoms with Crippen molar-refractivity contribution in [2.75, 3.05) is 17.1 Å². The van der Waals surface area contributed by atoms with Crippen molar-refractivity contribution in [1.29, 1.82) is 0 Å². The summed E-state index contributed by atoms with van der Waals surface area (Å²) in [5.41, 5.74) is 2.35. The molecule has 0 aliphatic heterocycles. The zero-order chi connectivity index (χ0) is 27.0. The van der Waals surface area contributed by atoms with Gasteiger partial charge in [-0.05, 0) is 56.9 Å². The first-order chi connectivity index (χ1) is 17.6. The van der Waals surface area contributed by atoms with E-state index in [1.54, 1.807) is 30.0 Å². The summed E-state index contributed by atoms with van der Waals surface area (Å²) >= 11 is 6.38. The van der Waals surface area contributed by atoms with Crippen LogP contribution in [0.5, 0.6) is 0 Å². The molecule has 9 heteroatoms. The maximum Gasteiger partial charge on any atom is 0.242 e. The van der Waals surface area contributed by atoms with Crippen LogP contribution in [0.15, 0.2) is 48.5 Å². The molecule has 1 fully saturated rings. The lowest BCUT2D eigenvalue weighted by Gasteiger charge is -2.31. The van der Waals surface area contributed by atoms with Gasteiger partial charge in [-0.15, -0.1) is 0 Å². The third-order valence-corrected chi connectivity index (χ3v) is 8.45. The fourth-order valence-electron chi connectivity index (χ4n) is 4.68. The van der Waals surface area contributed by atoms with E-state index in [4.69, 9.17) is 11.6 Å². The molecule has 0 aromatic heterocycles. The maximum absolute atomic E-state index is 13.4. The quantitative estimate of drug-likeness (QED) is 0.426. The molecule has 1 unspecified atom stereocenters. The van der Waals surface area contributed by atoms with Crippen molar-refractivity contribution in [3.8, 4) is 0 Å². The predicted molar refractivity (Wildman–Crippen MR) is 149 cm³/mol. The fraction of sp³-hybridized carbons (Fsp3) is 0.500. The Morgan fingerprint density at radius 2 is 1.70 bits per heavy atom. The van der Waals surface area contributed by atoms with Gasteiger partial charge in [0.05, 0.1) is 11.9 Å². The summed E-state index contributed by atoms with van der Waals surface area (Å²) in [5, 5.41) is 3.65. The van der Waals surface area contributed by atoms with Crippen molar-refractivity contribution in [3.63, 3.8) is 0 Å². The zero-order valence-electron chi connectivity index (χ0n) is 22.0. The Balaban J connectivity index is 1.72. The molecule has 2 amide bonds. The topological polar surface area (TPSA) is 86.8 Å². The minimum Gasteiger partial charge on any atom is -0.352 e. The number of halogens is 1.